The predicted molar refractivity (Wildman–Crippen MR) is 124 cm³/mol. The molecule has 0 bridgehead atoms. The summed E-state index contributed by atoms with van der Waals surface area (Å²) in [5, 5.41) is 6.01. The van der Waals surface area contributed by atoms with Crippen molar-refractivity contribution in [1.29, 1.82) is 0 Å². The highest BCUT2D eigenvalue weighted by molar-refractivity contribution is 7.14. The molecular weight excluding hydrogens is 410 g/mol. The number of hydrogen-bond donors (Lipinski definition) is 1. The zero-order valence-electron chi connectivity index (χ0n) is 17.0. The molecule has 2 aromatic carbocycles. The molecule has 1 amide bonds. The van der Waals surface area contributed by atoms with Crippen molar-refractivity contribution in [2.75, 3.05) is 43.1 Å². The van der Waals surface area contributed by atoms with Crippen LogP contribution in [0.4, 0.5) is 10.8 Å². The van der Waals surface area contributed by atoms with Crippen molar-refractivity contribution in [2.24, 2.45) is 0 Å². The Morgan fingerprint density at radius 3 is 2.77 bits per heavy atom. The molecule has 1 N–H and O–H groups in total. The van der Waals surface area contributed by atoms with Gasteiger partial charge >= 0.3 is 0 Å². The van der Waals surface area contributed by atoms with E-state index in [-0.39, 0.29) is 5.91 Å². The van der Waals surface area contributed by atoms with E-state index >= 15 is 0 Å². The van der Waals surface area contributed by atoms with Gasteiger partial charge in [-0.1, -0.05) is 18.2 Å². The zero-order chi connectivity index (χ0) is 21.0. The Morgan fingerprint density at radius 1 is 1.10 bits per heavy atom. The zero-order valence-corrected chi connectivity index (χ0v) is 17.9. The maximum absolute atomic E-state index is 12.3. The summed E-state index contributed by atoms with van der Waals surface area (Å²) in [5.41, 5.74) is 4.92. The number of ether oxygens (including phenoxy) is 2. The van der Waals surface area contributed by atoms with Crippen LogP contribution >= 0.6 is 11.3 Å². The highest BCUT2D eigenvalue weighted by atomic mass is 32.1. The van der Waals surface area contributed by atoms with Crippen LogP contribution in [0.3, 0.4) is 0 Å². The van der Waals surface area contributed by atoms with E-state index in [1.54, 1.807) is 17.4 Å². The quantitative estimate of drug-likeness (QED) is 0.610. The van der Waals surface area contributed by atoms with Crippen molar-refractivity contribution in [3.05, 3.63) is 65.0 Å². The molecule has 2 aliphatic heterocycles. The number of anilines is 2. The number of morpholine rings is 1. The summed E-state index contributed by atoms with van der Waals surface area (Å²) in [5.74, 6) is 0.784. The van der Waals surface area contributed by atoms with Crippen LogP contribution in [0, 0.1) is 0 Å². The lowest BCUT2D eigenvalue weighted by Crippen LogP contribution is -2.36. The van der Waals surface area contributed by atoms with E-state index in [2.05, 4.69) is 21.7 Å². The van der Waals surface area contributed by atoms with Crippen LogP contribution in [0.5, 0.6) is 5.75 Å². The molecule has 5 rings (SSSR count). The van der Waals surface area contributed by atoms with Crippen LogP contribution in [0.1, 0.15) is 11.1 Å². The third kappa shape index (κ3) is 4.62. The van der Waals surface area contributed by atoms with Crippen LogP contribution in [0.25, 0.3) is 17.3 Å². The second-order valence-electron chi connectivity index (χ2n) is 7.48. The maximum Gasteiger partial charge on any atom is 0.248 e. The van der Waals surface area contributed by atoms with Gasteiger partial charge in [0.2, 0.25) is 5.91 Å². The normalized spacial score (nSPS) is 15.7. The van der Waals surface area contributed by atoms with Crippen LogP contribution in [-0.2, 0) is 16.0 Å². The second kappa shape index (κ2) is 8.91. The van der Waals surface area contributed by atoms with Gasteiger partial charge in [-0.05, 0) is 41.5 Å². The average Bonchev–Trinajstić information content (AvgIpc) is 3.48. The molecule has 0 atom stereocenters. The molecule has 1 fully saturated rings. The van der Waals surface area contributed by atoms with Gasteiger partial charge in [0.1, 0.15) is 5.75 Å². The van der Waals surface area contributed by atoms with Crippen molar-refractivity contribution < 1.29 is 14.3 Å². The monoisotopic (exact) mass is 433 g/mol. The number of nitrogens with zero attached hydrogens (tertiary/aromatic N) is 2. The van der Waals surface area contributed by atoms with Gasteiger partial charge in [-0.3, -0.25) is 4.79 Å². The number of nitrogens with one attached hydrogen (secondary N) is 1. The minimum absolute atomic E-state index is 0.159. The third-order valence-electron chi connectivity index (χ3n) is 5.36. The van der Waals surface area contributed by atoms with Gasteiger partial charge < -0.3 is 19.7 Å². The summed E-state index contributed by atoms with van der Waals surface area (Å²) in [4.78, 5) is 19.3. The van der Waals surface area contributed by atoms with Crippen molar-refractivity contribution in [2.45, 2.75) is 6.42 Å². The minimum Gasteiger partial charge on any atom is -0.493 e. The molecule has 3 heterocycles. The van der Waals surface area contributed by atoms with Gasteiger partial charge in [-0.15, -0.1) is 11.3 Å². The lowest BCUT2D eigenvalue weighted by Gasteiger charge is -2.26. The lowest BCUT2D eigenvalue weighted by atomic mass is 10.1. The fourth-order valence-electron chi connectivity index (χ4n) is 3.69. The van der Waals surface area contributed by atoms with E-state index in [0.717, 1.165) is 72.7 Å². The molecule has 0 saturated carbocycles. The minimum atomic E-state index is -0.159. The summed E-state index contributed by atoms with van der Waals surface area (Å²) in [6, 6.07) is 13.8. The van der Waals surface area contributed by atoms with Crippen LogP contribution in [0.15, 0.2) is 53.9 Å². The van der Waals surface area contributed by atoms with Crippen molar-refractivity contribution >= 4 is 34.1 Å². The van der Waals surface area contributed by atoms with Gasteiger partial charge in [0.05, 0.1) is 25.5 Å². The first-order valence-electron chi connectivity index (χ1n) is 10.4. The van der Waals surface area contributed by atoms with E-state index in [4.69, 9.17) is 14.5 Å². The molecule has 0 radical (unpaired) electrons. The smallest absolute Gasteiger partial charge is 0.248 e. The van der Waals surface area contributed by atoms with Crippen molar-refractivity contribution in [1.82, 2.24) is 4.98 Å². The molecule has 6 nitrogen and oxygen atoms in total. The van der Waals surface area contributed by atoms with E-state index < -0.39 is 0 Å². The lowest BCUT2D eigenvalue weighted by molar-refractivity contribution is -0.111. The molecule has 1 saturated heterocycles. The summed E-state index contributed by atoms with van der Waals surface area (Å²) in [6.45, 7) is 3.99. The average molecular weight is 434 g/mol. The molecular formula is C24H23N3O3S. The predicted octanol–water partition coefficient (Wildman–Crippen LogP) is 4.23. The van der Waals surface area contributed by atoms with E-state index in [1.165, 1.54) is 5.56 Å². The largest absolute Gasteiger partial charge is 0.493 e. The van der Waals surface area contributed by atoms with E-state index in [0.29, 0.717) is 0 Å². The summed E-state index contributed by atoms with van der Waals surface area (Å²) >= 11 is 1.65. The maximum atomic E-state index is 12.3. The second-order valence-corrected chi connectivity index (χ2v) is 8.32. The number of carbonyl (C=O) groups is 1. The Balaban J connectivity index is 1.20. The molecule has 0 spiro atoms. The molecule has 0 aliphatic carbocycles. The van der Waals surface area contributed by atoms with Crippen molar-refractivity contribution in [3.63, 3.8) is 0 Å². The topological polar surface area (TPSA) is 63.7 Å². The first kappa shape index (κ1) is 19.8. The van der Waals surface area contributed by atoms with E-state index in [1.807, 2.05) is 42.5 Å². The summed E-state index contributed by atoms with van der Waals surface area (Å²) in [6.07, 6.45) is 4.30. The molecule has 7 heteroatoms. The van der Waals surface area contributed by atoms with Crippen molar-refractivity contribution in [3.8, 4) is 17.0 Å². The highest BCUT2D eigenvalue weighted by Crippen LogP contribution is 2.29. The third-order valence-corrected chi connectivity index (χ3v) is 6.26. The Morgan fingerprint density at radius 2 is 1.94 bits per heavy atom. The van der Waals surface area contributed by atoms with Gasteiger partial charge in [0, 0.05) is 42.2 Å². The van der Waals surface area contributed by atoms with Crippen LogP contribution in [0.2, 0.25) is 0 Å². The SMILES string of the molecule is O=C(/C=C/c1ccc2c(c1)CCO2)Nc1ccc(-c2csc(N3CCOCC3)n2)cc1. The number of rotatable bonds is 5. The Labute approximate surface area is 185 Å². The highest BCUT2D eigenvalue weighted by Gasteiger charge is 2.15. The standard InChI is InChI=1S/C24H23N3O3S/c28-23(8-2-17-1-7-22-19(15-17)9-12-30-22)25-20-5-3-18(4-6-20)21-16-31-24(26-21)27-10-13-29-14-11-27/h1-8,15-16H,9-14H2,(H,25,28)/b8-2+. The van der Waals surface area contributed by atoms with E-state index in [9.17, 15) is 4.79 Å². The van der Waals surface area contributed by atoms with Gasteiger partial charge in [0.25, 0.3) is 0 Å². The molecule has 0 unspecified atom stereocenters. The summed E-state index contributed by atoms with van der Waals surface area (Å²) in [7, 11) is 0. The van der Waals surface area contributed by atoms with Gasteiger partial charge in [-0.25, -0.2) is 4.98 Å². The van der Waals surface area contributed by atoms with Crippen LogP contribution in [-0.4, -0.2) is 43.8 Å². The number of thiazole rings is 1. The van der Waals surface area contributed by atoms with Crippen LogP contribution < -0.4 is 15.0 Å². The first-order valence-corrected chi connectivity index (χ1v) is 11.3. The number of benzene rings is 2. The number of aromatic nitrogens is 1. The molecule has 31 heavy (non-hydrogen) atoms. The molecule has 1 aromatic heterocycles. The number of hydrogen-bond acceptors (Lipinski definition) is 6. The molecule has 158 valence electrons. The Hall–Kier alpha value is -3.16. The summed E-state index contributed by atoms with van der Waals surface area (Å²) < 4.78 is 10.9. The number of fused-ring (bicyclic) bond motifs is 1. The Bertz CT molecular complexity index is 1100. The molecule has 3 aromatic rings. The Kier molecular flexibility index (Phi) is 5.69. The fraction of sp³-hybridized carbons (Fsp3) is 0.250. The number of carbonyl (C=O) groups excluding carboxylic acids is 1. The fourth-order valence-corrected chi connectivity index (χ4v) is 4.58. The van der Waals surface area contributed by atoms with Gasteiger partial charge in [-0.2, -0.15) is 0 Å². The first-order chi connectivity index (χ1) is 15.2. The van der Waals surface area contributed by atoms with Gasteiger partial charge in [0.15, 0.2) is 5.13 Å². The number of amides is 1. The molecule has 2 aliphatic rings.